The van der Waals surface area contributed by atoms with Crippen LogP contribution in [0, 0.1) is 5.92 Å². The van der Waals surface area contributed by atoms with Crippen LogP contribution in [0.2, 0.25) is 0 Å². The first-order valence-electron chi connectivity index (χ1n) is 7.03. The molecular weight excluding hydrogens is 365 g/mol. The second-order valence-electron chi connectivity index (χ2n) is 5.16. The molecule has 0 bridgehead atoms. The second-order valence-corrected chi connectivity index (χ2v) is 5.16. The van der Waals surface area contributed by atoms with Crippen LogP contribution in [0.4, 0.5) is 5.69 Å². The second kappa shape index (κ2) is 8.46. The Morgan fingerprint density at radius 1 is 1.35 bits per heavy atom. The summed E-state index contributed by atoms with van der Waals surface area (Å²) < 4.78 is 0. The fourth-order valence-corrected chi connectivity index (χ4v) is 2.46. The molecule has 0 saturated heterocycles. The maximum absolute atomic E-state index is 9.72. The first-order chi connectivity index (χ1) is 9.19. The Balaban J connectivity index is 0.00000200. The lowest BCUT2D eigenvalue weighted by atomic mass is 10.1. The van der Waals surface area contributed by atoms with E-state index in [9.17, 15) is 5.11 Å². The van der Waals surface area contributed by atoms with Gasteiger partial charge < -0.3 is 16.2 Å². The summed E-state index contributed by atoms with van der Waals surface area (Å²) in [4.78, 5) is 4.32. The molecule has 112 valence electrons. The number of halogens is 1. The Hall–Kier alpha value is -0.820. The molecule has 2 rings (SSSR count). The topological polar surface area (TPSA) is 70.6 Å². The smallest absolute Gasteiger partial charge is 0.193 e. The first-order valence-corrected chi connectivity index (χ1v) is 7.03. The van der Waals surface area contributed by atoms with E-state index in [0.29, 0.717) is 12.5 Å². The van der Waals surface area contributed by atoms with E-state index in [1.165, 1.54) is 5.56 Å². The molecule has 4 nitrogen and oxygen atoms in total. The number of hydrogen-bond donors (Lipinski definition) is 3. The predicted octanol–water partition coefficient (Wildman–Crippen LogP) is 2.75. The van der Waals surface area contributed by atoms with Crippen molar-refractivity contribution in [2.75, 3.05) is 11.9 Å². The van der Waals surface area contributed by atoms with Crippen molar-refractivity contribution in [2.24, 2.45) is 16.6 Å². The van der Waals surface area contributed by atoms with E-state index < -0.39 is 0 Å². The number of nitrogens with zero attached hydrogens (tertiary/aromatic N) is 1. The molecule has 1 aliphatic carbocycles. The van der Waals surface area contributed by atoms with Gasteiger partial charge >= 0.3 is 0 Å². The van der Waals surface area contributed by atoms with Crippen molar-refractivity contribution in [3.63, 3.8) is 0 Å². The lowest BCUT2D eigenvalue weighted by Gasteiger charge is -2.12. The molecule has 1 aliphatic rings. The summed E-state index contributed by atoms with van der Waals surface area (Å²) in [6.45, 7) is 2.73. The van der Waals surface area contributed by atoms with Gasteiger partial charge in [-0.05, 0) is 37.0 Å². The molecule has 0 heterocycles. The quantitative estimate of drug-likeness (QED) is 0.421. The molecule has 0 spiro atoms. The minimum atomic E-state index is -0.208. The van der Waals surface area contributed by atoms with Crippen LogP contribution in [0.15, 0.2) is 29.3 Å². The number of aliphatic imine (C=N–C) groups is 1. The van der Waals surface area contributed by atoms with Gasteiger partial charge in [0.05, 0.1) is 6.10 Å². The van der Waals surface area contributed by atoms with Crippen LogP contribution < -0.4 is 11.1 Å². The molecule has 5 heteroatoms. The van der Waals surface area contributed by atoms with Gasteiger partial charge in [0.2, 0.25) is 0 Å². The Labute approximate surface area is 137 Å². The minimum Gasteiger partial charge on any atom is -0.393 e. The van der Waals surface area contributed by atoms with Crippen LogP contribution in [0.1, 0.15) is 31.7 Å². The van der Waals surface area contributed by atoms with E-state index in [2.05, 4.69) is 29.4 Å². The van der Waals surface area contributed by atoms with Crippen molar-refractivity contribution in [1.82, 2.24) is 0 Å². The van der Waals surface area contributed by atoms with Gasteiger partial charge in [0.25, 0.3) is 0 Å². The summed E-state index contributed by atoms with van der Waals surface area (Å²) in [5.74, 6) is 0.686. The normalized spacial score (nSPS) is 22.4. The lowest BCUT2D eigenvalue weighted by molar-refractivity contribution is 0.137. The number of aryl methyl sites for hydroxylation is 1. The molecule has 1 aromatic carbocycles. The van der Waals surface area contributed by atoms with Crippen molar-refractivity contribution in [2.45, 2.75) is 38.7 Å². The fourth-order valence-electron chi connectivity index (χ4n) is 2.46. The minimum absolute atomic E-state index is 0. The van der Waals surface area contributed by atoms with Crippen LogP contribution in [-0.4, -0.2) is 23.7 Å². The van der Waals surface area contributed by atoms with Crippen molar-refractivity contribution in [1.29, 1.82) is 0 Å². The molecular formula is C15H24IN3O. The number of hydrogen-bond acceptors (Lipinski definition) is 2. The number of nitrogens with one attached hydrogen (secondary N) is 1. The van der Waals surface area contributed by atoms with Crippen molar-refractivity contribution in [3.05, 3.63) is 29.8 Å². The van der Waals surface area contributed by atoms with Gasteiger partial charge in [-0.3, -0.25) is 4.99 Å². The average molecular weight is 389 g/mol. The molecule has 0 aliphatic heterocycles. The molecule has 0 radical (unpaired) electrons. The number of aliphatic hydroxyl groups is 1. The molecule has 0 aromatic heterocycles. The molecule has 4 N–H and O–H groups in total. The third-order valence-electron chi connectivity index (χ3n) is 3.75. The van der Waals surface area contributed by atoms with Crippen LogP contribution in [-0.2, 0) is 6.42 Å². The highest BCUT2D eigenvalue weighted by Gasteiger charge is 2.24. The van der Waals surface area contributed by atoms with Crippen molar-refractivity contribution in [3.8, 4) is 0 Å². The lowest BCUT2D eigenvalue weighted by Crippen LogP contribution is -2.25. The maximum atomic E-state index is 9.72. The van der Waals surface area contributed by atoms with E-state index in [0.717, 1.165) is 31.4 Å². The highest BCUT2D eigenvalue weighted by molar-refractivity contribution is 14.0. The Kier molecular flexibility index (Phi) is 7.29. The summed E-state index contributed by atoms with van der Waals surface area (Å²) in [5, 5.41) is 12.8. The van der Waals surface area contributed by atoms with Gasteiger partial charge in [0.15, 0.2) is 5.96 Å². The number of guanidine groups is 1. The van der Waals surface area contributed by atoms with Gasteiger partial charge in [0.1, 0.15) is 0 Å². The number of benzene rings is 1. The number of rotatable bonds is 4. The zero-order valence-corrected chi connectivity index (χ0v) is 14.2. The SMILES string of the molecule is CCc1ccc(NC(N)=NCC2CCCC2O)cc1.I. The Morgan fingerprint density at radius 3 is 2.60 bits per heavy atom. The molecule has 0 amide bonds. The first kappa shape index (κ1) is 17.2. The summed E-state index contributed by atoms with van der Waals surface area (Å²) in [7, 11) is 0. The highest BCUT2D eigenvalue weighted by Crippen LogP contribution is 2.25. The highest BCUT2D eigenvalue weighted by atomic mass is 127. The summed E-state index contributed by atoms with van der Waals surface area (Å²) in [6, 6.07) is 8.17. The van der Waals surface area contributed by atoms with E-state index in [4.69, 9.17) is 5.73 Å². The molecule has 1 fully saturated rings. The zero-order chi connectivity index (χ0) is 13.7. The maximum Gasteiger partial charge on any atom is 0.193 e. The summed E-state index contributed by atoms with van der Waals surface area (Å²) >= 11 is 0. The van der Waals surface area contributed by atoms with Crippen LogP contribution in [0.25, 0.3) is 0 Å². The van der Waals surface area contributed by atoms with Gasteiger partial charge in [-0.2, -0.15) is 0 Å². The standard InChI is InChI=1S/C15H23N3O.HI/c1-2-11-6-8-13(9-7-11)18-15(16)17-10-12-4-3-5-14(12)19;/h6-9,12,14,19H,2-5,10H2,1H3,(H3,16,17,18);1H. The molecule has 2 unspecified atom stereocenters. The van der Waals surface area contributed by atoms with Crippen LogP contribution >= 0.6 is 24.0 Å². The number of nitrogens with two attached hydrogens (primary N) is 1. The molecule has 20 heavy (non-hydrogen) atoms. The monoisotopic (exact) mass is 389 g/mol. The van der Waals surface area contributed by atoms with Crippen LogP contribution in [0.5, 0.6) is 0 Å². The summed E-state index contributed by atoms with van der Waals surface area (Å²) in [5.41, 5.74) is 8.11. The molecule has 1 aromatic rings. The van der Waals surface area contributed by atoms with Crippen molar-refractivity contribution < 1.29 is 5.11 Å². The van der Waals surface area contributed by atoms with E-state index >= 15 is 0 Å². The average Bonchev–Trinajstić information content (AvgIpc) is 2.83. The Bertz CT molecular complexity index is 433. The Morgan fingerprint density at radius 2 is 2.05 bits per heavy atom. The largest absolute Gasteiger partial charge is 0.393 e. The van der Waals surface area contributed by atoms with Crippen LogP contribution in [0.3, 0.4) is 0 Å². The van der Waals surface area contributed by atoms with Gasteiger partial charge in [-0.25, -0.2) is 0 Å². The number of aliphatic hydroxyl groups excluding tert-OH is 1. The predicted molar refractivity (Wildman–Crippen MR) is 94.7 cm³/mol. The van der Waals surface area contributed by atoms with E-state index in [1.807, 2.05) is 12.1 Å². The van der Waals surface area contributed by atoms with Crippen molar-refractivity contribution >= 4 is 35.6 Å². The third-order valence-corrected chi connectivity index (χ3v) is 3.75. The van der Waals surface area contributed by atoms with E-state index in [1.54, 1.807) is 0 Å². The van der Waals surface area contributed by atoms with E-state index in [-0.39, 0.29) is 36.0 Å². The zero-order valence-electron chi connectivity index (χ0n) is 11.9. The fraction of sp³-hybridized carbons (Fsp3) is 0.533. The van der Waals surface area contributed by atoms with Gasteiger partial charge in [0, 0.05) is 18.2 Å². The molecule has 2 atom stereocenters. The van der Waals surface area contributed by atoms with Gasteiger partial charge in [-0.1, -0.05) is 25.5 Å². The molecule has 1 saturated carbocycles. The number of anilines is 1. The summed E-state index contributed by atoms with van der Waals surface area (Å²) in [6.07, 6.45) is 3.85. The van der Waals surface area contributed by atoms with Gasteiger partial charge in [-0.15, -0.1) is 24.0 Å². The third kappa shape index (κ3) is 4.94.